The van der Waals surface area contributed by atoms with E-state index >= 15 is 0 Å². The van der Waals surface area contributed by atoms with Crippen molar-refractivity contribution in [1.29, 1.82) is 0 Å². The van der Waals surface area contributed by atoms with Gasteiger partial charge in [-0.25, -0.2) is 0 Å². The third-order valence-corrected chi connectivity index (χ3v) is 2.59. The van der Waals surface area contributed by atoms with Crippen molar-refractivity contribution in [2.45, 2.75) is 66.5 Å². The van der Waals surface area contributed by atoms with Crippen LogP contribution >= 0.6 is 0 Å². The first-order valence-electron chi connectivity index (χ1n) is 5.42. The van der Waals surface area contributed by atoms with Crippen LogP contribution in [0.4, 0.5) is 0 Å². The van der Waals surface area contributed by atoms with Crippen molar-refractivity contribution >= 4 is 5.78 Å². The zero-order valence-electron chi connectivity index (χ0n) is 10.7. The number of nitrogens with one attached hydrogen (secondary N) is 1. The molecule has 2 nitrogen and oxygen atoms in total. The minimum absolute atomic E-state index is 0.00109. The van der Waals surface area contributed by atoms with E-state index in [-0.39, 0.29) is 17.0 Å². The highest BCUT2D eigenvalue weighted by atomic mass is 16.1. The minimum atomic E-state index is -0.211. The van der Waals surface area contributed by atoms with Crippen molar-refractivity contribution in [3.8, 4) is 0 Å². The second-order valence-electron chi connectivity index (χ2n) is 5.72. The summed E-state index contributed by atoms with van der Waals surface area (Å²) in [6.45, 7) is 14.3. The number of carbonyl (C=O) groups excluding carboxylic acids is 1. The summed E-state index contributed by atoms with van der Waals surface area (Å²) in [5.74, 6) is 0.301. The van der Waals surface area contributed by atoms with E-state index in [2.05, 4.69) is 33.0 Å². The number of hydrogen-bond acceptors (Lipinski definition) is 2. The first kappa shape index (κ1) is 13.6. The Morgan fingerprint density at radius 3 is 1.93 bits per heavy atom. The van der Waals surface area contributed by atoms with Gasteiger partial charge in [0.2, 0.25) is 0 Å². The summed E-state index contributed by atoms with van der Waals surface area (Å²) < 4.78 is 0. The summed E-state index contributed by atoms with van der Waals surface area (Å²) in [5.41, 5.74) is -0.212. The second kappa shape index (κ2) is 4.43. The van der Waals surface area contributed by atoms with Crippen LogP contribution in [0, 0.1) is 5.41 Å². The maximum absolute atomic E-state index is 12.0. The van der Waals surface area contributed by atoms with Crippen LogP contribution in [0.25, 0.3) is 0 Å². The first-order valence-corrected chi connectivity index (χ1v) is 5.42. The molecule has 0 amide bonds. The molecule has 0 aliphatic heterocycles. The number of carbonyl (C=O) groups is 1. The van der Waals surface area contributed by atoms with Crippen LogP contribution in [0.2, 0.25) is 0 Å². The van der Waals surface area contributed by atoms with Crippen LogP contribution in [0.15, 0.2) is 0 Å². The minimum Gasteiger partial charge on any atom is -0.303 e. The van der Waals surface area contributed by atoms with Crippen molar-refractivity contribution in [2.24, 2.45) is 5.41 Å². The first-order chi connectivity index (χ1) is 6.10. The predicted octanol–water partition coefficient (Wildman–Crippen LogP) is 2.77. The molecule has 0 rings (SSSR count). The molecule has 84 valence electrons. The van der Waals surface area contributed by atoms with Crippen LogP contribution in [-0.2, 0) is 4.79 Å². The molecule has 0 aliphatic carbocycles. The van der Waals surface area contributed by atoms with Gasteiger partial charge in [-0.1, -0.05) is 20.8 Å². The Kier molecular flexibility index (Phi) is 4.32. The second-order valence-corrected chi connectivity index (χ2v) is 5.72. The smallest absolute Gasteiger partial charge is 0.155 e. The molecule has 1 N–H and O–H groups in total. The van der Waals surface area contributed by atoms with Crippen LogP contribution in [0.5, 0.6) is 0 Å². The summed E-state index contributed by atoms with van der Waals surface area (Å²) in [6.07, 6.45) is 0.891. The Morgan fingerprint density at radius 1 is 1.21 bits per heavy atom. The topological polar surface area (TPSA) is 29.1 Å². The quantitative estimate of drug-likeness (QED) is 0.754. The lowest BCUT2D eigenvalue weighted by atomic mass is 9.82. The monoisotopic (exact) mass is 199 g/mol. The van der Waals surface area contributed by atoms with Crippen molar-refractivity contribution in [3.63, 3.8) is 0 Å². The van der Waals surface area contributed by atoms with Gasteiger partial charge in [0.25, 0.3) is 0 Å². The predicted molar refractivity (Wildman–Crippen MR) is 61.4 cm³/mol. The zero-order valence-corrected chi connectivity index (χ0v) is 10.7. The molecule has 0 bridgehead atoms. The molecule has 1 atom stereocenters. The van der Waals surface area contributed by atoms with E-state index in [1.807, 2.05) is 20.8 Å². The van der Waals surface area contributed by atoms with Crippen molar-refractivity contribution < 1.29 is 4.79 Å². The maximum atomic E-state index is 12.0. The highest BCUT2D eigenvalue weighted by Gasteiger charge is 2.31. The molecule has 0 radical (unpaired) electrons. The molecule has 0 fully saturated rings. The van der Waals surface area contributed by atoms with Gasteiger partial charge in [-0.05, 0) is 34.1 Å². The molecule has 0 spiro atoms. The fraction of sp³-hybridized carbons (Fsp3) is 0.917. The zero-order chi connectivity index (χ0) is 11.6. The van der Waals surface area contributed by atoms with Gasteiger partial charge in [-0.3, -0.25) is 4.79 Å². The van der Waals surface area contributed by atoms with Crippen LogP contribution in [0.3, 0.4) is 0 Å². The van der Waals surface area contributed by atoms with E-state index < -0.39 is 0 Å². The molecule has 0 aromatic heterocycles. The Hall–Kier alpha value is -0.370. The molecule has 14 heavy (non-hydrogen) atoms. The van der Waals surface area contributed by atoms with Gasteiger partial charge in [0.05, 0.1) is 6.04 Å². The van der Waals surface area contributed by atoms with Crippen molar-refractivity contribution in [2.75, 3.05) is 0 Å². The normalized spacial score (nSPS) is 15.4. The van der Waals surface area contributed by atoms with Gasteiger partial charge in [0, 0.05) is 11.0 Å². The van der Waals surface area contributed by atoms with E-state index in [0.29, 0.717) is 5.78 Å². The average Bonchev–Trinajstić information content (AvgIpc) is 2.00. The third-order valence-electron chi connectivity index (χ3n) is 2.59. The fourth-order valence-electron chi connectivity index (χ4n) is 1.48. The number of hydrogen-bond donors (Lipinski definition) is 1. The van der Waals surface area contributed by atoms with Crippen molar-refractivity contribution in [1.82, 2.24) is 5.32 Å². The van der Waals surface area contributed by atoms with E-state index in [9.17, 15) is 4.79 Å². The molecular weight excluding hydrogens is 174 g/mol. The van der Waals surface area contributed by atoms with Gasteiger partial charge in [-0.15, -0.1) is 0 Å². The summed E-state index contributed by atoms with van der Waals surface area (Å²) in [7, 11) is 0. The molecule has 1 unspecified atom stereocenters. The number of Topliss-reactive ketones (excluding diaryl/α,β-unsaturated/α-hetero) is 1. The lowest BCUT2D eigenvalue weighted by Crippen LogP contribution is -2.49. The van der Waals surface area contributed by atoms with Crippen LogP contribution in [-0.4, -0.2) is 17.4 Å². The van der Waals surface area contributed by atoms with Gasteiger partial charge in [0.1, 0.15) is 0 Å². The largest absolute Gasteiger partial charge is 0.303 e. The van der Waals surface area contributed by atoms with Crippen molar-refractivity contribution in [3.05, 3.63) is 0 Å². The molecule has 0 aromatic carbocycles. The fourth-order valence-corrected chi connectivity index (χ4v) is 1.48. The number of ketones is 1. The van der Waals surface area contributed by atoms with E-state index in [0.717, 1.165) is 6.42 Å². The number of rotatable bonds is 4. The summed E-state index contributed by atoms with van der Waals surface area (Å²) in [6, 6.07) is -0.0649. The lowest BCUT2D eigenvalue weighted by molar-refractivity contribution is -0.129. The third kappa shape index (κ3) is 4.23. The summed E-state index contributed by atoms with van der Waals surface area (Å²) >= 11 is 0. The highest BCUT2D eigenvalue weighted by Crippen LogP contribution is 2.23. The van der Waals surface area contributed by atoms with E-state index in [1.165, 1.54) is 0 Å². The molecule has 2 heteroatoms. The average molecular weight is 199 g/mol. The Balaban J connectivity index is 4.41. The van der Waals surface area contributed by atoms with Gasteiger partial charge in [-0.2, -0.15) is 0 Å². The van der Waals surface area contributed by atoms with Gasteiger partial charge >= 0.3 is 0 Å². The molecule has 0 aromatic rings. The van der Waals surface area contributed by atoms with E-state index in [1.54, 1.807) is 0 Å². The van der Waals surface area contributed by atoms with Gasteiger partial charge in [0.15, 0.2) is 5.78 Å². The summed E-state index contributed by atoms with van der Waals surface area (Å²) in [4.78, 5) is 12.0. The highest BCUT2D eigenvalue weighted by molar-refractivity contribution is 5.88. The van der Waals surface area contributed by atoms with Crippen LogP contribution < -0.4 is 5.32 Å². The Morgan fingerprint density at radius 2 is 1.64 bits per heavy atom. The molecule has 0 aliphatic rings. The SMILES string of the molecule is CCC(C)(C)C(=O)C(C)NC(C)(C)C. The maximum Gasteiger partial charge on any atom is 0.155 e. The van der Waals surface area contributed by atoms with Gasteiger partial charge < -0.3 is 5.32 Å². The Labute approximate surface area is 88.5 Å². The van der Waals surface area contributed by atoms with E-state index in [4.69, 9.17) is 0 Å². The Bertz CT molecular complexity index is 201. The standard InChI is InChI=1S/C12H25NO/c1-8-12(6,7)10(14)9(2)13-11(3,4)5/h9,13H,8H2,1-7H3. The molecule has 0 saturated carbocycles. The van der Waals surface area contributed by atoms with Crippen LogP contribution in [0.1, 0.15) is 54.9 Å². The molecular formula is C12H25NO. The lowest BCUT2D eigenvalue weighted by Gasteiger charge is -2.30. The molecule has 0 heterocycles. The molecule has 0 saturated heterocycles. The summed E-state index contributed by atoms with van der Waals surface area (Å²) in [5, 5.41) is 3.31.